The molecule has 0 aliphatic heterocycles. The first-order valence-corrected chi connectivity index (χ1v) is 7.95. The van der Waals surface area contributed by atoms with E-state index in [1.807, 2.05) is 0 Å². The zero-order chi connectivity index (χ0) is 15.9. The minimum Gasteiger partial charge on any atom is -0.497 e. The van der Waals surface area contributed by atoms with Crippen LogP contribution in [0.5, 0.6) is 5.75 Å². The van der Waals surface area contributed by atoms with Gasteiger partial charge in [0.15, 0.2) is 0 Å². The van der Waals surface area contributed by atoms with Crippen LogP contribution < -0.4 is 15.4 Å². The summed E-state index contributed by atoms with van der Waals surface area (Å²) < 4.78 is 5.08. The van der Waals surface area contributed by atoms with E-state index < -0.39 is 6.10 Å². The zero-order valence-electron chi connectivity index (χ0n) is 13.3. The van der Waals surface area contributed by atoms with E-state index in [1.165, 1.54) is 12.8 Å². The van der Waals surface area contributed by atoms with Crippen LogP contribution in [0, 0.1) is 5.92 Å². The van der Waals surface area contributed by atoms with Crippen LogP contribution in [0.3, 0.4) is 0 Å². The third kappa shape index (κ3) is 4.91. The van der Waals surface area contributed by atoms with E-state index >= 15 is 0 Å². The first kappa shape index (κ1) is 16.6. The maximum Gasteiger partial charge on any atom is 0.315 e. The molecular weight excluding hydrogens is 280 g/mol. The number of aliphatic hydroxyl groups excluding tert-OH is 1. The highest BCUT2D eigenvalue weighted by atomic mass is 16.5. The van der Waals surface area contributed by atoms with Crippen molar-refractivity contribution in [1.82, 2.24) is 10.6 Å². The Morgan fingerprint density at radius 2 is 2.09 bits per heavy atom. The Balaban J connectivity index is 1.75. The number of carbonyl (C=O) groups is 1. The smallest absolute Gasteiger partial charge is 0.315 e. The molecule has 3 unspecified atom stereocenters. The number of carbonyl (C=O) groups excluding carboxylic acids is 1. The van der Waals surface area contributed by atoms with Crippen LogP contribution in [0.1, 0.15) is 44.3 Å². The van der Waals surface area contributed by atoms with Gasteiger partial charge in [-0.25, -0.2) is 4.79 Å². The first-order chi connectivity index (χ1) is 10.6. The average molecular weight is 306 g/mol. The number of methoxy groups -OCH3 is 1. The molecule has 2 amide bonds. The van der Waals surface area contributed by atoms with Gasteiger partial charge in [0.05, 0.1) is 13.2 Å². The number of ether oxygens (including phenoxy) is 1. The molecule has 0 radical (unpaired) electrons. The molecule has 1 aromatic rings. The minimum atomic E-state index is -0.720. The monoisotopic (exact) mass is 306 g/mol. The minimum absolute atomic E-state index is 0.195. The zero-order valence-corrected chi connectivity index (χ0v) is 13.3. The number of nitrogens with one attached hydrogen (secondary N) is 2. The lowest BCUT2D eigenvalue weighted by atomic mass is 9.87. The number of rotatable bonds is 5. The van der Waals surface area contributed by atoms with Gasteiger partial charge in [-0.3, -0.25) is 0 Å². The second-order valence-corrected chi connectivity index (χ2v) is 6.11. The Morgan fingerprint density at radius 3 is 2.73 bits per heavy atom. The second-order valence-electron chi connectivity index (χ2n) is 6.11. The molecule has 0 heterocycles. The summed E-state index contributed by atoms with van der Waals surface area (Å²) in [7, 11) is 1.60. The normalized spacial score (nSPS) is 22.7. The van der Waals surface area contributed by atoms with Gasteiger partial charge in [0.1, 0.15) is 5.75 Å². The molecule has 1 saturated carbocycles. The van der Waals surface area contributed by atoms with Crippen molar-refractivity contribution in [2.75, 3.05) is 13.7 Å². The summed E-state index contributed by atoms with van der Waals surface area (Å²) in [4.78, 5) is 11.9. The molecule has 1 aliphatic carbocycles. The van der Waals surface area contributed by atoms with Gasteiger partial charge in [-0.05, 0) is 36.5 Å². The fourth-order valence-electron chi connectivity index (χ4n) is 2.93. The highest BCUT2D eigenvalue weighted by Gasteiger charge is 2.20. The molecule has 22 heavy (non-hydrogen) atoms. The van der Waals surface area contributed by atoms with Crippen LogP contribution in [-0.2, 0) is 0 Å². The second kappa shape index (κ2) is 8.03. The summed E-state index contributed by atoms with van der Waals surface area (Å²) in [5.41, 5.74) is 0.757. The average Bonchev–Trinajstić information content (AvgIpc) is 2.52. The summed E-state index contributed by atoms with van der Waals surface area (Å²) in [5, 5.41) is 15.8. The number of hydrogen-bond donors (Lipinski definition) is 3. The third-order valence-electron chi connectivity index (χ3n) is 4.23. The van der Waals surface area contributed by atoms with Crippen molar-refractivity contribution >= 4 is 6.03 Å². The molecule has 5 heteroatoms. The van der Waals surface area contributed by atoms with Crippen LogP contribution in [0.25, 0.3) is 0 Å². The van der Waals surface area contributed by atoms with Crippen molar-refractivity contribution in [3.63, 3.8) is 0 Å². The molecule has 2 rings (SSSR count). The number of aliphatic hydroxyl groups is 1. The Morgan fingerprint density at radius 1 is 1.36 bits per heavy atom. The Labute approximate surface area is 132 Å². The number of benzene rings is 1. The van der Waals surface area contributed by atoms with Crippen LogP contribution in [0.15, 0.2) is 24.3 Å². The van der Waals surface area contributed by atoms with Gasteiger partial charge in [-0.2, -0.15) is 0 Å². The predicted molar refractivity (Wildman–Crippen MR) is 85.9 cm³/mol. The summed E-state index contributed by atoms with van der Waals surface area (Å²) in [6.45, 7) is 2.42. The number of amides is 2. The van der Waals surface area contributed by atoms with Crippen molar-refractivity contribution in [1.29, 1.82) is 0 Å². The molecule has 3 N–H and O–H groups in total. The van der Waals surface area contributed by atoms with Crippen LogP contribution in [0.2, 0.25) is 0 Å². The lowest BCUT2D eigenvalue weighted by Crippen LogP contribution is -2.44. The van der Waals surface area contributed by atoms with Crippen molar-refractivity contribution in [3.8, 4) is 5.75 Å². The summed E-state index contributed by atoms with van der Waals surface area (Å²) in [6, 6.07) is 7.23. The summed E-state index contributed by atoms with van der Waals surface area (Å²) in [6.07, 6.45) is 3.77. The van der Waals surface area contributed by atoms with Crippen molar-refractivity contribution in [3.05, 3.63) is 29.8 Å². The van der Waals surface area contributed by atoms with Gasteiger partial charge in [-0.15, -0.1) is 0 Å². The highest BCUT2D eigenvalue weighted by Crippen LogP contribution is 2.23. The van der Waals surface area contributed by atoms with Gasteiger partial charge >= 0.3 is 6.03 Å². The van der Waals surface area contributed by atoms with Gasteiger partial charge in [0.25, 0.3) is 0 Å². The van der Waals surface area contributed by atoms with Crippen molar-refractivity contribution in [2.45, 2.75) is 44.8 Å². The van der Waals surface area contributed by atoms with Gasteiger partial charge < -0.3 is 20.5 Å². The van der Waals surface area contributed by atoms with Crippen LogP contribution >= 0.6 is 0 Å². The molecule has 122 valence electrons. The molecule has 5 nitrogen and oxygen atoms in total. The first-order valence-electron chi connectivity index (χ1n) is 7.95. The highest BCUT2D eigenvalue weighted by molar-refractivity contribution is 5.74. The Bertz CT molecular complexity index is 475. The summed E-state index contributed by atoms with van der Waals surface area (Å²) in [5.74, 6) is 1.41. The van der Waals surface area contributed by atoms with E-state index in [0.717, 1.165) is 24.2 Å². The van der Waals surface area contributed by atoms with E-state index in [9.17, 15) is 9.90 Å². The van der Waals surface area contributed by atoms with E-state index in [4.69, 9.17) is 4.74 Å². The Kier molecular flexibility index (Phi) is 6.07. The third-order valence-corrected chi connectivity index (χ3v) is 4.23. The molecular formula is C17H26N2O3. The quantitative estimate of drug-likeness (QED) is 0.783. The molecule has 1 aromatic carbocycles. The SMILES string of the molecule is COc1ccc(C(O)CNC(=O)NC2CCCC(C)C2)cc1. The van der Waals surface area contributed by atoms with Gasteiger partial charge in [0.2, 0.25) is 0 Å². The van der Waals surface area contributed by atoms with Crippen LogP contribution in [-0.4, -0.2) is 30.8 Å². The van der Waals surface area contributed by atoms with Crippen molar-refractivity contribution in [2.24, 2.45) is 5.92 Å². The topological polar surface area (TPSA) is 70.6 Å². The molecule has 0 bridgehead atoms. The molecule has 3 atom stereocenters. The lowest BCUT2D eigenvalue weighted by molar-refractivity contribution is 0.171. The fourth-order valence-corrected chi connectivity index (χ4v) is 2.93. The van der Waals surface area contributed by atoms with E-state index in [2.05, 4.69) is 17.6 Å². The standard InChI is InChI=1S/C17H26N2O3/c1-12-4-3-5-14(10-12)19-17(21)18-11-16(20)13-6-8-15(22-2)9-7-13/h6-9,12,14,16,20H,3-5,10-11H2,1-2H3,(H2,18,19,21). The molecule has 0 aromatic heterocycles. The maximum atomic E-state index is 11.9. The molecule has 0 saturated heterocycles. The van der Waals surface area contributed by atoms with Gasteiger partial charge in [0, 0.05) is 12.6 Å². The number of hydrogen-bond acceptors (Lipinski definition) is 3. The lowest BCUT2D eigenvalue weighted by Gasteiger charge is -2.27. The largest absolute Gasteiger partial charge is 0.497 e. The predicted octanol–water partition coefficient (Wildman–Crippen LogP) is 2.61. The van der Waals surface area contributed by atoms with Gasteiger partial charge in [-0.1, -0.05) is 31.9 Å². The van der Waals surface area contributed by atoms with Crippen molar-refractivity contribution < 1.29 is 14.6 Å². The van der Waals surface area contributed by atoms with Crippen LogP contribution in [0.4, 0.5) is 4.79 Å². The number of urea groups is 1. The molecule has 1 fully saturated rings. The molecule has 0 spiro atoms. The van der Waals surface area contributed by atoms with E-state index in [0.29, 0.717) is 5.92 Å². The summed E-state index contributed by atoms with van der Waals surface area (Å²) >= 11 is 0. The van der Waals surface area contributed by atoms with E-state index in [1.54, 1.807) is 31.4 Å². The maximum absolute atomic E-state index is 11.9. The van der Waals surface area contributed by atoms with E-state index in [-0.39, 0.29) is 18.6 Å². The molecule has 1 aliphatic rings. The Hall–Kier alpha value is -1.75. The fraction of sp³-hybridized carbons (Fsp3) is 0.588.